The largest absolute Gasteiger partial charge is 0.465 e. The minimum atomic E-state index is -0.339. The maximum atomic E-state index is 11.8. The van der Waals surface area contributed by atoms with Gasteiger partial charge in [-0.15, -0.1) is 11.3 Å². The molecule has 130 valence electrons. The molecule has 1 aromatic rings. The maximum absolute atomic E-state index is 11.8. The fourth-order valence-corrected chi connectivity index (χ4v) is 3.97. The summed E-state index contributed by atoms with van der Waals surface area (Å²) in [6.45, 7) is 7.40. The van der Waals surface area contributed by atoms with Gasteiger partial charge in [0, 0.05) is 23.8 Å². The number of nitrogens with one attached hydrogen (secondary N) is 1. The second-order valence-corrected chi connectivity index (χ2v) is 6.87. The van der Waals surface area contributed by atoms with Gasteiger partial charge in [-0.1, -0.05) is 13.8 Å². The van der Waals surface area contributed by atoms with E-state index < -0.39 is 0 Å². The van der Waals surface area contributed by atoms with Gasteiger partial charge in [-0.2, -0.15) is 0 Å². The van der Waals surface area contributed by atoms with Gasteiger partial charge in [-0.3, -0.25) is 0 Å². The van der Waals surface area contributed by atoms with Crippen LogP contribution in [0.15, 0.2) is 6.07 Å². The Kier molecular flexibility index (Phi) is 6.44. The van der Waals surface area contributed by atoms with Crippen molar-refractivity contribution in [2.45, 2.75) is 58.3 Å². The molecule has 2 fully saturated rings. The molecule has 0 atom stereocenters. The Morgan fingerprint density at radius 3 is 2.48 bits per heavy atom. The summed E-state index contributed by atoms with van der Waals surface area (Å²) in [6.07, 6.45) is 3.77. The van der Waals surface area contributed by atoms with Gasteiger partial charge >= 0.3 is 5.97 Å². The zero-order valence-electron chi connectivity index (χ0n) is 14.4. The van der Waals surface area contributed by atoms with Crippen molar-refractivity contribution in [3.8, 4) is 0 Å². The van der Waals surface area contributed by atoms with Crippen LogP contribution in [0.2, 0.25) is 0 Å². The van der Waals surface area contributed by atoms with Crippen molar-refractivity contribution in [3.63, 3.8) is 0 Å². The molecule has 1 aliphatic heterocycles. The summed E-state index contributed by atoms with van der Waals surface area (Å²) in [6, 6.07) is 2.37. The van der Waals surface area contributed by atoms with Crippen molar-refractivity contribution in [1.82, 2.24) is 0 Å². The number of carbonyl (C=O) groups excluding carboxylic acids is 1. The van der Waals surface area contributed by atoms with Crippen LogP contribution in [0.3, 0.4) is 0 Å². The van der Waals surface area contributed by atoms with Gasteiger partial charge in [0.15, 0.2) is 5.79 Å². The average Bonchev–Trinajstić information content (AvgIpc) is 3.18. The van der Waals surface area contributed by atoms with Crippen molar-refractivity contribution < 1.29 is 19.0 Å². The molecule has 6 heteroatoms. The number of carbonyl (C=O) groups is 1. The lowest BCUT2D eigenvalue weighted by molar-refractivity contribution is -0.177. The fraction of sp³-hybridized carbons (Fsp3) is 0.706. The highest BCUT2D eigenvalue weighted by Crippen LogP contribution is 2.37. The number of anilines is 1. The Labute approximate surface area is 142 Å². The van der Waals surface area contributed by atoms with Crippen LogP contribution >= 0.6 is 11.3 Å². The lowest BCUT2D eigenvalue weighted by Gasteiger charge is -2.35. The maximum Gasteiger partial charge on any atom is 0.350 e. The van der Waals surface area contributed by atoms with E-state index in [9.17, 15) is 4.79 Å². The molecular weight excluding hydrogens is 314 g/mol. The van der Waals surface area contributed by atoms with Crippen molar-refractivity contribution in [2.24, 2.45) is 0 Å². The van der Waals surface area contributed by atoms with E-state index in [1.54, 1.807) is 0 Å². The van der Waals surface area contributed by atoms with Gasteiger partial charge in [0.25, 0.3) is 0 Å². The topological polar surface area (TPSA) is 56.8 Å². The van der Waals surface area contributed by atoms with Crippen LogP contribution in [-0.2, 0) is 14.2 Å². The van der Waals surface area contributed by atoms with Gasteiger partial charge in [0.1, 0.15) is 4.88 Å². The molecule has 2 aliphatic rings. The number of hydrogen-bond donors (Lipinski definition) is 1. The first-order valence-corrected chi connectivity index (χ1v) is 9.17. The van der Waals surface area contributed by atoms with E-state index in [-0.39, 0.29) is 11.8 Å². The predicted molar refractivity (Wildman–Crippen MR) is 92.3 cm³/mol. The third kappa shape index (κ3) is 4.25. The Hall–Kier alpha value is -1.11. The molecule has 1 spiro atoms. The highest BCUT2D eigenvalue weighted by molar-refractivity contribution is 7.14. The van der Waals surface area contributed by atoms with Crippen LogP contribution in [0.1, 0.15) is 54.1 Å². The summed E-state index contributed by atoms with van der Waals surface area (Å²) in [5, 5.41) is 3.49. The molecular formula is C17H27NO4S. The summed E-state index contributed by atoms with van der Waals surface area (Å²) >= 11 is 1.47. The van der Waals surface area contributed by atoms with Crippen molar-refractivity contribution in [1.29, 1.82) is 0 Å². The zero-order valence-corrected chi connectivity index (χ0v) is 15.3. The van der Waals surface area contributed by atoms with Gasteiger partial charge in [0.2, 0.25) is 0 Å². The van der Waals surface area contributed by atoms with Gasteiger partial charge in [0.05, 0.1) is 26.0 Å². The highest BCUT2D eigenvalue weighted by Gasteiger charge is 2.40. The molecule has 0 bridgehead atoms. The molecule has 1 saturated carbocycles. The molecule has 1 saturated heterocycles. The number of ether oxygens (including phenoxy) is 3. The van der Waals surface area contributed by atoms with E-state index in [2.05, 4.69) is 5.32 Å². The van der Waals surface area contributed by atoms with Crippen LogP contribution in [0, 0.1) is 6.92 Å². The van der Waals surface area contributed by atoms with Gasteiger partial charge < -0.3 is 19.5 Å². The van der Waals surface area contributed by atoms with Crippen LogP contribution < -0.4 is 5.32 Å². The van der Waals surface area contributed by atoms with Crippen LogP contribution in [0.5, 0.6) is 0 Å². The average molecular weight is 341 g/mol. The summed E-state index contributed by atoms with van der Waals surface area (Å²) in [5.74, 6) is -0.612. The molecule has 0 radical (unpaired) electrons. The van der Waals surface area contributed by atoms with E-state index in [1.165, 1.54) is 18.4 Å². The quantitative estimate of drug-likeness (QED) is 0.843. The van der Waals surface area contributed by atoms with Gasteiger partial charge in [-0.25, -0.2) is 4.79 Å². The van der Waals surface area contributed by atoms with E-state index >= 15 is 0 Å². The standard InChI is InChI=1S/C15H21NO4S.C2H6/c1-10-9-12(13(21-10)14(17)18-2)16-11-3-5-15(6-4-11)19-7-8-20-15;1-2/h9,11,16H,3-8H2,1-2H3;1-2H3. The van der Waals surface area contributed by atoms with Gasteiger partial charge in [-0.05, 0) is 25.8 Å². The summed E-state index contributed by atoms with van der Waals surface area (Å²) in [4.78, 5) is 13.6. The predicted octanol–water partition coefficient (Wildman–Crippen LogP) is 3.97. The summed E-state index contributed by atoms with van der Waals surface area (Å²) < 4.78 is 16.3. The number of rotatable bonds is 3. The second kappa shape index (κ2) is 8.13. The number of esters is 1. The molecule has 23 heavy (non-hydrogen) atoms. The molecule has 3 rings (SSSR count). The lowest BCUT2D eigenvalue weighted by atomic mass is 9.90. The first-order valence-electron chi connectivity index (χ1n) is 8.35. The zero-order chi connectivity index (χ0) is 16.9. The molecule has 1 aliphatic carbocycles. The first-order chi connectivity index (χ1) is 11.1. The van der Waals surface area contributed by atoms with Crippen LogP contribution in [0.25, 0.3) is 0 Å². The van der Waals surface area contributed by atoms with E-state index in [4.69, 9.17) is 14.2 Å². The third-order valence-corrected chi connectivity index (χ3v) is 5.18. The summed E-state index contributed by atoms with van der Waals surface area (Å²) in [5.41, 5.74) is 0.888. The highest BCUT2D eigenvalue weighted by atomic mass is 32.1. The molecule has 0 unspecified atom stereocenters. The molecule has 2 heterocycles. The molecule has 5 nitrogen and oxygen atoms in total. The first kappa shape index (κ1) is 18.2. The van der Waals surface area contributed by atoms with E-state index in [0.29, 0.717) is 24.1 Å². The van der Waals surface area contributed by atoms with E-state index in [1.807, 2.05) is 26.8 Å². The summed E-state index contributed by atoms with van der Waals surface area (Å²) in [7, 11) is 1.42. The molecule has 1 N–H and O–H groups in total. The number of aryl methyl sites for hydroxylation is 1. The monoisotopic (exact) mass is 341 g/mol. The SMILES string of the molecule is CC.COC(=O)c1sc(C)cc1NC1CCC2(CC1)OCCO2. The fourth-order valence-electron chi connectivity index (χ4n) is 3.07. The molecule has 0 aromatic carbocycles. The lowest BCUT2D eigenvalue weighted by Crippen LogP contribution is -2.39. The third-order valence-electron chi connectivity index (χ3n) is 4.15. The van der Waals surface area contributed by atoms with Crippen LogP contribution in [-0.4, -0.2) is 38.1 Å². The normalized spacial score (nSPS) is 20.0. The van der Waals surface area contributed by atoms with E-state index in [0.717, 1.165) is 36.2 Å². The Balaban J connectivity index is 0.000000924. The van der Waals surface area contributed by atoms with Crippen molar-refractivity contribution in [2.75, 3.05) is 25.6 Å². The number of thiophene rings is 1. The Morgan fingerprint density at radius 2 is 1.91 bits per heavy atom. The second-order valence-electron chi connectivity index (χ2n) is 5.62. The number of methoxy groups -OCH3 is 1. The molecule has 1 aromatic heterocycles. The Bertz CT molecular complexity index is 513. The smallest absolute Gasteiger partial charge is 0.350 e. The Morgan fingerprint density at radius 1 is 1.30 bits per heavy atom. The number of hydrogen-bond acceptors (Lipinski definition) is 6. The minimum absolute atomic E-state index is 0.273. The minimum Gasteiger partial charge on any atom is -0.465 e. The van der Waals surface area contributed by atoms with Crippen molar-refractivity contribution >= 4 is 23.0 Å². The van der Waals surface area contributed by atoms with Crippen molar-refractivity contribution in [3.05, 3.63) is 15.8 Å². The van der Waals surface area contributed by atoms with Crippen LogP contribution in [0.4, 0.5) is 5.69 Å². The molecule has 0 amide bonds.